The van der Waals surface area contributed by atoms with Gasteiger partial charge in [0.15, 0.2) is 0 Å². The lowest BCUT2D eigenvalue weighted by molar-refractivity contribution is -0.131. The molecular formula is C25H30N4O3S. The number of amides is 1. The van der Waals surface area contributed by atoms with Gasteiger partial charge in [-0.1, -0.05) is 60.7 Å². The van der Waals surface area contributed by atoms with Gasteiger partial charge in [0, 0.05) is 38.5 Å². The average Bonchev–Trinajstić information content (AvgIpc) is 3.02. The maximum Gasteiger partial charge on any atom is 0.246 e. The molecule has 174 valence electrons. The third-order valence-electron chi connectivity index (χ3n) is 6.25. The Hall–Kier alpha value is -2.97. The number of hydrogen-bond donors (Lipinski definition) is 1. The van der Waals surface area contributed by atoms with Crippen LogP contribution in [0.1, 0.15) is 41.3 Å². The standard InChI is InChI=1S/C25H30N4O3S/c1-19-25(20(2)27-26-19)33(31,32)29-15-9-14-28(16-17-29)24(30)18-23(21-10-5-3-6-11-21)22-12-7-4-8-13-22/h3-8,10-13,23H,9,14-18H2,1-2H3,(H,26,27). The van der Waals surface area contributed by atoms with Crippen LogP contribution in [0.5, 0.6) is 0 Å². The van der Waals surface area contributed by atoms with E-state index in [0.29, 0.717) is 43.9 Å². The number of carbonyl (C=O) groups excluding carboxylic acids is 1. The highest BCUT2D eigenvalue weighted by Gasteiger charge is 2.32. The third kappa shape index (κ3) is 5.02. The predicted octanol–water partition coefficient (Wildman–Crippen LogP) is 3.47. The van der Waals surface area contributed by atoms with Gasteiger partial charge in [0.25, 0.3) is 0 Å². The van der Waals surface area contributed by atoms with Gasteiger partial charge in [0.05, 0.1) is 11.4 Å². The number of aromatic nitrogens is 2. The van der Waals surface area contributed by atoms with Crippen molar-refractivity contribution in [3.05, 3.63) is 83.2 Å². The van der Waals surface area contributed by atoms with Crippen molar-refractivity contribution in [1.29, 1.82) is 0 Å². The maximum absolute atomic E-state index is 13.3. The van der Waals surface area contributed by atoms with Gasteiger partial charge in [-0.3, -0.25) is 9.89 Å². The van der Waals surface area contributed by atoms with E-state index in [1.165, 1.54) is 4.31 Å². The number of sulfonamides is 1. The lowest BCUT2D eigenvalue weighted by Crippen LogP contribution is -2.38. The van der Waals surface area contributed by atoms with Crippen LogP contribution >= 0.6 is 0 Å². The van der Waals surface area contributed by atoms with Gasteiger partial charge in [-0.2, -0.15) is 9.40 Å². The smallest absolute Gasteiger partial charge is 0.246 e. The minimum absolute atomic E-state index is 0.0424. The zero-order chi connectivity index (χ0) is 23.4. The van der Waals surface area contributed by atoms with Crippen LogP contribution < -0.4 is 0 Å². The summed E-state index contributed by atoms with van der Waals surface area (Å²) < 4.78 is 27.9. The first-order valence-electron chi connectivity index (χ1n) is 11.3. The summed E-state index contributed by atoms with van der Waals surface area (Å²) in [6.45, 7) is 5.00. The molecule has 8 heteroatoms. The number of nitrogens with one attached hydrogen (secondary N) is 1. The van der Waals surface area contributed by atoms with Crippen LogP contribution in [0.2, 0.25) is 0 Å². The molecule has 0 spiro atoms. The molecule has 2 heterocycles. The van der Waals surface area contributed by atoms with Crippen molar-refractivity contribution in [2.75, 3.05) is 26.2 Å². The average molecular weight is 467 g/mol. The maximum atomic E-state index is 13.3. The van der Waals surface area contributed by atoms with Crippen LogP contribution in [0.15, 0.2) is 65.6 Å². The second kappa shape index (κ2) is 9.89. The molecule has 0 bridgehead atoms. The molecule has 0 atom stereocenters. The highest BCUT2D eigenvalue weighted by Crippen LogP contribution is 2.29. The highest BCUT2D eigenvalue weighted by atomic mass is 32.2. The second-order valence-corrected chi connectivity index (χ2v) is 10.4. The number of nitrogens with zero attached hydrogens (tertiary/aromatic N) is 3. The number of aryl methyl sites for hydroxylation is 2. The largest absolute Gasteiger partial charge is 0.341 e. The first-order valence-corrected chi connectivity index (χ1v) is 12.7. The lowest BCUT2D eigenvalue weighted by atomic mass is 9.88. The van der Waals surface area contributed by atoms with Crippen LogP contribution in [0.3, 0.4) is 0 Å². The van der Waals surface area contributed by atoms with Gasteiger partial charge in [0.2, 0.25) is 15.9 Å². The van der Waals surface area contributed by atoms with Crippen molar-refractivity contribution in [2.24, 2.45) is 0 Å². The summed E-state index contributed by atoms with van der Waals surface area (Å²) in [4.78, 5) is 15.4. The fraction of sp³-hybridized carbons (Fsp3) is 0.360. The molecule has 3 aromatic rings. The van der Waals surface area contributed by atoms with Crippen LogP contribution in [-0.4, -0.2) is 59.9 Å². The van der Waals surface area contributed by atoms with Crippen LogP contribution in [-0.2, 0) is 14.8 Å². The van der Waals surface area contributed by atoms with Crippen LogP contribution in [0.4, 0.5) is 0 Å². The summed E-state index contributed by atoms with van der Waals surface area (Å²) in [5.74, 6) is 0.00171. The fourth-order valence-electron chi connectivity index (χ4n) is 4.54. The van der Waals surface area contributed by atoms with Gasteiger partial charge in [-0.25, -0.2) is 8.42 Å². The summed E-state index contributed by atoms with van der Waals surface area (Å²) in [5.41, 5.74) is 3.21. The molecule has 2 aromatic carbocycles. The van der Waals surface area contributed by atoms with E-state index < -0.39 is 10.0 Å². The molecule has 0 radical (unpaired) electrons. The van der Waals surface area contributed by atoms with E-state index in [9.17, 15) is 13.2 Å². The van der Waals surface area contributed by atoms with Gasteiger partial charge in [-0.05, 0) is 31.4 Å². The van der Waals surface area contributed by atoms with E-state index in [1.807, 2.05) is 41.3 Å². The number of benzene rings is 2. The Bertz CT molecular complexity index is 1130. The topological polar surface area (TPSA) is 86.4 Å². The fourth-order valence-corrected chi connectivity index (χ4v) is 6.34. The molecule has 0 saturated carbocycles. The Morgan fingerprint density at radius 2 is 1.55 bits per heavy atom. The number of H-pyrrole nitrogens is 1. The van der Waals surface area contributed by atoms with Crippen molar-refractivity contribution in [3.63, 3.8) is 0 Å². The summed E-state index contributed by atoms with van der Waals surface area (Å²) in [7, 11) is -3.66. The summed E-state index contributed by atoms with van der Waals surface area (Å²) in [6, 6.07) is 20.1. The Morgan fingerprint density at radius 3 is 2.09 bits per heavy atom. The molecule has 1 saturated heterocycles. The minimum atomic E-state index is -3.66. The quantitative estimate of drug-likeness (QED) is 0.603. The van der Waals surface area contributed by atoms with Crippen LogP contribution in [0.25, 0.3) is 0 Å². The van der Waals surface area contributed by atoms with E-state index in [0.717, 1.165) is 11.1 Å². The minimum Gasteiger partial charge on any atom is -0.341 e. The Balaban J connectivity index is 1.49. The molecule has 1 aliphatic rings. The zero-order valence-corrected chi connectivity index (χ0v) is 19.9. The van der Waals surface area contributed by atoms with Gasteiger partial charge < -0.3 is 4.90 Å². The number of aromatic amines is 1. The van der Waals surface area contributed by atoms with Gasteiger partial charge >= 0.3 is 0 Å². The summed E-state index contributed by atoms with van der Waals surface area (Å²) in [5, 5.41) is 6.80. The monoisotopic (exact) mass is 466 g/mol. The molecule has 7 nitrogen and oxygen atoms in total. The van der Waals surface area contributed by atoms with E-state index in [-0.39, 0.29) is 23.3 Å². The molecule has 33 heavy (non-hydrogen) atoms. The van der Waals surface area contributed by atoms with Crippen molar-refractivity contribution in [2.45, 2.75) is 37.5 Å². The molecule has 0 unspecified atom stereocenters. The van der Waals surface area contributed by atoms with Crippen LogP contribution in [0, 0.1) is 13.8 Å². The van der Waals surface area contributed by atoms with E-state index >= 15 is 0 Å². The Kier molecular flexibility index (Phi) is 6.95. The zero-order valence-electron chi connectivity index (χ0n) is 19.1. The molecule has 0 aliphatic carbocycles. The Labute approximate surface area is 195 Å². The number of carbonyl (C=O) groups is 1. The van der Waals surface area contributed by atoms with E-state index in [4.69, 9.17) is 0 Å². The molecule has 1 aromatic heterocycles. The molecule has 1 fully saturated rings. The molecule has 1 amide bonds. The molecule has 1 aliphatic heterocycles. The van der Waals surface area contributed by atoms with Crippen molar-refractivity contribution in [3.8, 4) is 0 Å². The van der Waals surface area contributed by atoms with Gasteiger partial charge in [0.1, 0.15) is 4.90 Å². The number of rotatable bonds is 6. The van der Waals surface area contributed by atoms with Crippen molar-refractivity contribution >= 4 is 15.9 Å². The van der Waals surface area contributed by atoms with Crippen molar-refractivity contribution < 1.29 is 13.2 Å². The number of hydrogen-bond acceptors (Lipinski definition) is 4. The second-order valence-electron chi connectivity index (χ2n) is 8.48. The summed E-state index contributed by atoms with van der Waals surface area (Å²) >= 11 is 0. The summed E-state index contributed by atoms with van der Waals surface area (Å²) in [6.07, 6.45) is 0.947. The predicted molar refractivity (Wildman–Crippen MR) is 127 cm³/mol. The SMILES string of the molecule is Cc1n[nH]c(C)c1S(=O)(=O)N1CCCN(C(=O)CC(c2ccccc2)c2ccccc2)CC1. The molecule has 1 N–H and O–H groups in total. The van der Waals surface area contributed by atoms with E-state index in [2.05, 4.69) is 34.5 Å². The van der Waals surface area contributed by atoms with Crippen molar-refractivity contribution in [1.82, 2.24) is 19.4 Å². The lowest BCUT2D eigenvalue weighted by Gasteiger charge is -2.25. The highest BCUT2D eigenvalue weighted by molar-refractivity contribution is 7.89. The Morgan fingerprint density at radius 1 is 0.939 bits per heavy atom. The van der Waals surface area contributed by atoms with E-state index in [1.54, 1.807) is 13.8 Å². The molecule has 4 rings (SSSR count). The first kappa shape index (κ1) is 23.2. The molecular weight excluding hydrogens is 436 g/mol. The third-order valence-corrected chi connectivity index (χ3v) is 8.41. The van der Waals surface area contributed by atoms with Gasteiger partial charge in [-0.15, -0.1) is 0 Å². The normalized spacial score (nSPS) is 15.5. The first-order chi connectivity index (χ1) is 15.9.